The highest BCUT2D eigenvalue weighted by Crippen LogP contribution is 2.43. The van der Waals surface area contributed by atoms with Gasteiger partial charge in [-0.15, -0.1) is 0 Å². The van der Waals surface area contributed by atoms with Crippen molar-refractivity contribution in [1.82, 2.24) is 59.3 Å². The molecule has 6 aliphatic rings. The van der Waals surface area contributed by atoms with Crippen molar-refractivity contribution in [3.8, 4) is 0 Å². The van der Waals surface area contributed by atoms with Crippen LogP contribution in [0.3, 0.4) is 0 Å². The van der Waals surface area contributed by atoms with Gasteiger partial charge in [-0.1, -0.05) is 96.0 Å². The summed E-state index contributed by atoms with van der Waals surface area (Å²) >= 11 is 13.2. The average Bonchev–Trinajstić information content (AvgIpc) is 1.35. The zero-order valence-electron chi connectivity index (χ0n) is 65.0. The fraction of sp³-hybridized carbons (Fsp3) is 0.444. The molecule has 16 rings (SSSR count). The van der Waals surface area contributed by atoms with Crippen LogP contribution in [0.15, 0.2) is 168 Å². The molecule has 22 nitrogen and oxygen atoms in total. The Labute approximate surface area is 674 Å². The maximum absolute atomic E-state index is 14.4. The number of nitrogens with zero attached hydrogens (tertiary/aromatic N) is 12. The van der Waals surface area contributed by atoms with Crippen molar-refractivity contribution in [1.29, 1.82) is 0 Å². The number of hydrogen-bond acceptors (Lipinski definition) is 16. The summed E-state index contributed by atoms with van der Waals surface area (Å²) in [6, 6.07) is 46.9. The summed E-state index contributed by atoms with van der Waals surface area (Å²) in [4.78, 5) is 116. The summed E-state index contributed by atoms with van der Waals surface area (Å²) < 4.78 is 3.03. The fourth-order valence-corrected chi connectivity index (χ4v) is 18.1. The van der Waals surface area contributed by atoms with Gasteiger partial charge in [-0.3, -0.25) is 52.8 Å². The Balaban J connectivity index is 0.453. The zero-order chi connectivity index (χ0) is 78.6. The molecule has 8 heterocycles. The third-order valence-corrected chi connectivity index (χ3v) is 25.6. The molecule has 2 saturated carbocycles. The van der Waals surface area contributed by atoms with Crippen LogP contribution >= 0.6 is 23.2 Å². The molecule has 10 aromatic rings. The van der Waals surface area contributed by atoms with E-state index in [1.807, 2.05) is 131 Å². The lowest BCUT2D eigenvalue weighted by molar-refractivity contribution is -0.141. The first-order chi connectivity index (χ1) is 55.3. The number of hydrogen-bond donors (Lipinski definition) is 4. The Morgan fingerprint density at radius 3 is 1.35 bits per heavy atom. The minimum Gasteiger partial charge on any atom is -0.388 e. The number of aromatic nitrogens is 6. The van der Waals surface area contributed by atoms with Gasteiger partial charge in [0.1, 0.15) is 0 Å². The average molecular weight is 1580 g/mol. The number of pyridine rings is 2. The molecule has 4 saturated heterocycles. The van der Waals surface area contributed by atoms with Gasteiger partial charge in [0.05, 0.1) is 79.8 Å². The van der Waals surface area contributed by atoms with Crippen molar-refractivity contribution < 1.29 is 29.4 Å². The maximum Gasteiger partial charge on any atom is 0.261 e. The minimum atomic E-state index is -1.20. The quantitative estimate of drug-likeness (QED) is 0.0333. The van der Waals surface area contributed by atoms with Crippen molar-refractivity contribution in [3.63, 3.8) is 0 Å². The summed E-state index contributed by atoms with van der Waals surface area (Å²) in [6.45, 7) is 9.56. The molecule has 4 aromatic heterocycles. The number of anilines is 2. The number of carbonyl (C=O) groups is 4. The van der Waals surface area contributed by atoms with E-state index in [0.717, 1.165) is 136 Å². The molecule has 4 amide bonds. The van der Waals surface area contributed by atoms with Crippen molar-refractivity contribution in [2.24, 2.45) is 11.8 Å². The molecule has 4 N–H and O–H groups in total. The van der Waals surface area contributed by atoms with Gasteiger partial charge in [0.2, 0.25) is 11.8 Å². The lowest BCUT2D eigenvalue weighted by atomic mass is 9.88. The van der Waals surface area contributed by atoms with Gasteiger partial charge in [0.25, 0.3) is 22.9 Å². The number of halogens is 2. The number of fused-ring (bicyclic) bond motifs is 4. The van der Waals surface area contributed by atoms with E-state index in [4.69, 9.17) is 43.1 Å². The van der Waals surface area contributed by atoms with Gasteiger partial charge >= 0.3 is 0 Å². The standard InChI is InChI=1S/C90H102Cl2N14O8/c1-99(68-28-36-101(37-29-68)69-22-26-73-79(52-69)95-58-105(87(73)111)56-89(113)30-38-103(39-31-89)85(109)66(48-60-10-4-2-5-11-60)14-8-34-93-83(107)64-20-24-71-75(91)54-77(62-16-17-62)97-81(71)50-64)42-43-100-44-46-102(47-45-100)70-23-27-74-80(53-70)96-59-106(88(74)112)57-90(114)32-40-104(41-33-90)86(110)67(49-61-12-6-3-7-13-61)15-9-35-94-84(108)65-21-25-72-76(92)55-78(63-18-19-63)98-82(72)51-65/h2-7,10-13,20-27,50-55,58-59,62-63,66-68,113-114H,8-9,14-19,28-49,56-57H2,1H3,(H,93,107)(H,94,108)/t66-,67-/m1/s1. The van der Waals surface area contributed by atoms with Crippen molar-refractivity contribution >= 4 is 102 Å². The number of carbonyl (C=O) groups excluding carboxylic acids is 4. The normalized spacial score (nSPS) is 18.1. The second kappa shape index (κ2) is 34.4. The number of piperidine rings is 3. The molecule has 0 unspecified atom stereocenters. The van der Waals surface area contributed by atoms with Crippen molar-refractivity contribution in [2.75, 3.05) is 108 Å². The molecule has 2 atom stereocenters. The third kappa shape index (κ3) is 18.3. The van der Waals surface area contributed by atoms with Crippen LogP contribution in [0.2, 0.25) is 10.0 Å². The van der Waals surface area contributed by atoms with E-state index in [0.29, 0.717) is 175 Å². The first kappa shape index (κ1) is 78.2. The van der Waals surface area contributed by atoms with Gasteiger partial charge < -0.3 is 45.3 Å². The molecule has 594 valence electrons. The summed E-state index contributed by atoms with van der Waals surface area (Å²) in [7, 11) is 2.23. The molecule has 2 aliphatic carbocycles. The molecule has 6 aromatic carbocycles. The van der Waals surface area contributed by atoms with Crippen LogP contribution in [-0.4, -0.2) is 198 Å². The van der Waals surface area contributed by atoms with Crippen LogP contribution in [0.25, 0.3) is 43.6 Å². The number of likely N-dealkylation sites (tertiary alicyclic amines) is 2. The predicted molar refractivity (Wildman–Crippen MR) is 448 cm³/mol. The first-order valence-electron chi connectivity index (χ1n) is 41.1. The molecule has 0 bridgehead atoms. The largest absolute Gasteiger partial charge is 0.388 e. The number of amides is 4. The SMILES string of the molecule is CN(CCN1CCN(c2ccc3c(=O)n(CC4(O)CCN(C(=O)[C@H](CCCNC(=O)c5ccc6c(Cl)cc(C7CC7)nc6c5)Cc5ccccc5)CC4)cnc3c2)CC1)C1CCN(c2ccc3c(=O)n(CC4(O)CCN(C(=O)[C@H](CCCNC(=O)c5ccc6c(Cl)cc(C7CC7)nc6c5)Cc5ccccc5)CC4)cnc3c2)CC1. The van der Waals surface area contributed by atoms with Crippen LogP contribution in [0.4, 0.5) is 11.4 Å². The van der Waals surface area contributed by atoms with Crippen LogP contribution in [0.5, 0.6) is 0 Å². The van der Waals surface area contributed by atoms with E-state index >= 15 is 0 Å². The summed E-state index contributed by atoms with van der Waals surface area (Å²) in [5.41, 5.74) is 6.99. The van der Waals surface area contributed by atoms with Gasteiger partial charge in [0, 0.05) is 166 Å². The molecule has 6 fully saturated rings. The molecule has 4 aliphatic heterocycles. The smallest absolute Gasteiger partial charge is 0.261 e. The number of benzene rings is 6. The number of rotatable bonds is 28. The lowest BCUT2D eigenvalue weighted by Crippen LogP contribution is -2.51. The van der Waals surface area contributed by atoms with Crippen LogP contribution in [0.1, 0.15) is 145 Å². The number of likely N-dealkylation sites (N-methyl/N-ethyl adjacent to an activating group) is 1. The number of aliphatic hydroxyl groups is 2. The van der Waals surface area contributed by atoms with Crippen molar-refractivity contribution in [2.45, 2.75) is 145 Å². The first-order valence-corrected chi connectivity index (χ1v) is 41.9. The molecule has 0 spiro atoms. The van der Waals surface area contributed by atoms with E-state index < -0.39 is 11.2 Å². The molecule has 0 radical (unpaired) electrons. The van der Waals surface area contributed by atoms with E-state index in [1.165, 1.54) is 9.13 Å². The predicted octanol–water partition coefficient (Wildman–Crippen LogP) is 11.8. The van der Waals surface area contributed by atoms with Gasteiger partial charge in [-0.2, -0.15) is 0 Å². The highest BCUT2D eigenvalue weighted by atomic mass is 35.5. The van der Waals surface area contributed by atoms with Gasteiger partial charge in [0.15, 0.2) is 0 Å². The lowest BCUT2D eigenvalue weighted by Gasteiger charge is -2.40. The summed E-state index contributed by atoms with van der Waals surface area (Å²) in [5, 5.41) is 34.0. The fourth-order valence-electron chi connectivity index (χ4n) is 17.5. The highest BCUT2D eigenvalue weighted by molar-refractivity contribution is 6.36. The monoisotopic (exact) mass is 1580 g/mol. The number of piperazine rings is 1. The Hall–Kier alpha value is -9.68. The zero-order valence-corrected chi connectivity index (χ0v) is 66.5. The van der Waals surface area contributed by atoms with E-state index in [2.05, 4.69) is 37.3 Å². The van der Waals surface area contributed by atoms with Gasteiger partial charge in [-0.25, -0.2) is 9.97 Å². The maximum atomic E-state index is 14.4. The Morgan fingerprint density at radius 2 is 0.921 bits per heavy atom. The summed E-state index contributed by atoms with van der Waals surface area (Å²) in [6.07, 6.45) is 14.3. The molecule has 24 heteroatoms. The van der Waals surface area contributed by atoms with E-state index in [1.54, 1.807) is 36.9 Å². The summed E-state index contributed by atoms with van der Waals surface area (Å²) in [5.74, 6) is -0.116. The molecular weight excluding hydrogens is 1480 g/mol. The Morgan fingerprint density at radius 1 is 0.500 bits per heavy atom. The highest BCUT2D eigenvalue weighted by Gasteiger charge is 2.39. The number of nitrogens with one attached hydrogen (secondary N) is 2. The van der Waals surface area contributed by atoms with E-state index in [9.17, 15) is 39.0 Å². The van der Waals surface area contributed by atoms with Crippen LogP contribution in [0, 0.1) is 11.8 Å². The van der Waals surface area contributed by atoms with Crippen molar-refractivity contribution in [3.05, 3.63) is 223 Å². The Kier molecular flexibility index (Phi) is 23.6. The topological polar surface area (TPSA) is 248 Å². The minimum absolute atomic E-state index is 0.0262. The molecule has 114 heavy (non-hydrogen) atoms. The van der Waals surface area contributed by atoms with E-state index in [-0.39, 0.29) is 59.7 Å². The molecular formula is C90H102Cl2N14O8. The third-order valence-electron chi connectivity index (χ3n) is 25.0. The van der Waals surface area contributed by atoms with Crippen LogP contribution < -0.4 is 31.6 Å². The Bertz CT molecular complexity index is 5300. The van der Waals surface area contributed by atoms with Gasteiger partial charge in [-0.05, 0) is 194 Å². The second-order valence-corrected chi connectivity index (χ2v) is 33.8. The van der Waals surface area contributed by atoms with Crippen LogP contribution in [-0.2, 0) is 35.5 Å². The second-order valence-electron chi connectivity index (χ2n) is 33.0.